The van der Waals surface area contributed by atoms with Crippen LogP contribution in [0.4, 0.5) is 5.95 Å². The number of aromatic nitrogens is 2. The molecule has 0 radical (unpaired) electrons. The minimum atomic E-state index is 0. The van der Waals surface area contributed by atoms with E-state index in [1.54, 1.807) is 0 Å². The summed E-state index contributed by atoms with van der Waals surface area (Å²) < 4.78 is 3.99. The van der Waals surface area contributed by atoms with E-state index in [-0.39, 0.29) is 16.9 Å². The second kappa shape index (κ2) is 8.31. The minimum Gasteiger partial charge on any atom is -0.368 e. The highest BCUT2D eigenvalue weighted by atomic mass is 35.5. The summed E-state index contributed by atoms with van der Waals surface area (Å²) in [6.07, 6.45) is 5.83. The second-order valence-corrected chi connectivity index (χ2v) is 7.37. The van der Waals surface area contributed by atoms with Gasteiger partial charge in [0.05, 0.1) is 11.0 Å². The van der Waals surface area contributed by atoms with Crippen molar-refractivity contribution in [2.75, 3.05) is 10.1 Å². The predicted octanol–water partition coefficient (Wildman–Crippen LogP) is 5.86. The fourth-order valence-corrected chi connectivity index (χ4v) is 3.98. The zero-order valence-electron chi connectivity index (χ0n) is 13.9. The predicted molar refractivity (Wildman–Crippen MR) is 120 cm³/mol. The average molecular weight is 438 g/mol. The number of rotatable bonds is 3. The van der Waals surface area contributed by atoms with Crippen molar-refractivity contribution in [3.8, 4) is 0 Å². The summed E-state index contributed by atoms with van der Waals surface area (Å²) in [5, 5.41) is 1.97. The Labute approximate surface area is 177 Å². The number of anilines is 1. The van der Waals surface area contributed by atoms with Gasteiger partial charge in [0, 0.05) is 23.7 Å². The van der Waals surface area contributed by atoms with Crippen LogP contribution < -0.4 is 10.1 Å². The van der Waals surface area contributed by atoms with E-state index in [9.17, 15) is 0 Å². The lowest BCUT2D eigenvalue weighted by Gasteiger charge is -2.21. The van der Waals surface area contributed by atoms with Gasteiger partial charge < -0.3 is 5.73 Å². The number of nitrogens with zero attached hydrogens (tertiary/aromatic N) is 3. The van der Waals surface area contributed by atoms with Crippen LogP contribution in [0.5, 0.6) is 0 Å². The summed E-state index contributed by atoms with van der Waals surface area (Å²) in [7, 11) is 0. The highest BCUT2D eigenvalue weighted by Crippen LogP contribution is 2.33. The molecule has 2 heterocycles. The van der Waals surface area contributed by atoms with Crippen molar-refractivity contribution in [2.24, 2.45) is 0 Å². The van der Waals surface area contributed by atoms with E-state index in [4.69, 9.17) is 28.9 Å². The van der Waals surface area contributed by atoms with Gasteiger partial charge in [0.15, 0.2) is 0 Å². The van der Waals surface area contributed by atoms with Crippen LogP contribution in [0, 0.1) is 0 Å². The van der Waals surface area contributed by atoms with Crippen LogP contribution in [0.2, 0.25) is 0 Å². The lowest BCUT2D eigenvalue weighted by molar-refractivity contribution is 0.915. The van der Waals surface area contributed by atoms with Crippen LogP contribution in [0.15, 0.2) is 76.8 Å². The second-order valence-electron chi connectivity index (χ2n) is 5.56. The van der Waals surface area contributed by atoms with Crippen LogP contribution >= 0.6 is 47.6 Å². The molecule has 0 spiro atoms. The first-order valence-electron chi connectivity index (χ1n) is 7.84. The average Bonchev–Trinajstić information content (AvgIpc) is 2.98. The lowest BCUT2D eigenvalue weighted by Crippen LogP contribution is -2.23. The van der Waals surface area contributed by atoms with Gasteiger partial charge in [-0.3, -0.25) is 0 Å². The van der Waals surface area contributed by atoms with E-state index in [0.717, 1.165) is 27.7 Å². The maximum atomic E-state index is 6.22. The zero-order valence-corrected chi connectivity index (χ0v) is 17.1. The molecule has 0 amide bonds. The largest absolute Gasteiger partial charge is 0.368 e. The van der Waals surface area contributed by atoms with E-state index < -0.39 is 0 Å². The SMILES string of the molecule is Cl.Nc1nc2ccc(C(=C(Cl)Cl)c3ccccc3)cc2n1N1C=CC=CS1. The molecule has 1 aliphatic heterocycles. The molecule has 3 aromatic rings. The molecule has 4 nitrogen and oxygen atoms in total. The van der Waals surface area contributed by atoms with Crippen LogP contribution in [0.1, 0.15) is 11.1 Å². The molecule has 0 fully saturated rings. The minimum absolute atomic E-state index is 0. The highest BCUT2D eigenvalue weighted by Gasteiger charge is 2.17. The van der Waals surface area contributed by atoms with Crippen molar-refractivity contribution in [3.05, 3.63) is 87.9 Å². The van der Waals surface area contributed by atoms with Gasteiger partial charge in [-0.15, -0.1) is 12.4 Å². The molecule has 0 aliphatic carbocycles. The Kier molecular flexibility index (Phi) is 6.07. The number of imidazole rings is 1. The van der Waals surface area contributed by atoms with Crippen molar-refractivity contribution in [1.29, 1.82) is 0 Å². The fraction of sp³-hybridized carbons (Fsp3) is 0. The summed E-state index contributed by atoms with van der Waals surface area (Å²) in [5.41, 5.74) is 10.4. The number of fused-ring (bicyclic) bond motifs is 1. The normalized spacial score (nSPS) is 12.9. The van der Waals surface area contributed by atoms with Crippen molar-refractivity contribution in [2.45, 2.75) is 0 Å². The molecule has 4 rings (SSSR count). The molecule has 2 N–H and O–H groups in total. The van der Waals surface area contributed by atoms with Crippen LogP contribution in [0.3, 0.4) is 0 Å². The van der Waals surface area contributed by atoms with Gasteiger partial charge in [0.1, 0.15) is 4.49 Å². The Bertz CT molecular complexity index is 1050. The monoisotopic (exact) mass is 436 g/mol. The van der Waals surface area contributed by atoms with E-state index in [1.807, 2.05) is 81.4 Å². The molecule has 2 aromatic carbocycles. The van der Waals surface area contributed by atoms with Crippen molar-refractivity contribution in [3.63, 3.8) is 0 Å². The summed E-state index contributed by atoms with van der Waals surface area (Å²) in [4.78, 5) is 4.45. The van der Waals surface area contributed by atoms with Crippen molar-refractivity contribution >= 4 is 70.1 Å². The molecule has 0 bridgehead atoms. The van der Waals surface area contributed by atoms with E-state index in [2.05, 4.69) is 4.98 Å². The Hall–Kier alpha value is -2.05. The van der Waals surface area contributed by atoms with Gasteiger partial charge in [-0.25, -0.2) is 14.1 Å². The van der Waals surface area contributed by atoms with Gasteiger partial charge in [-0.1, -0.05) is 65.7 Å². The smallest absolute Gasteiger partial charge is 0.221 e. The maximum Gasteiger partial charge on any atom is 0.221 e. The molecular formula is C19H15Cl3N4S. The highest BCUT2D eigenvalue weighted by molar-refractivity contribution is 8.03. The van der Waals surface area contributed by atoms with Crippen LogP contribution in [-0.4, -0.2) is 9.66 Å². The van der Waals surface area contributed by atoms with Gasteiger partial charge >= 0.3 is 0 Å². The van der Waals surface area contributed by atoms with Crippen LogP contribution in [0.25, 0.3) is 16.6 Å². The molecule has 8 heteroatoms. The standard InChI is InChI=1S/C19H14Cl2N4S.ClH/c20-18(21)17(13-6-2-1-3-7-13)14-8-9-15-16(12-14)25(19(22)23-15)24-10-4-5-11-26-24;/h1-12H,(H2,22,23);1H. The molecular weight excluding hydrogens is 423 g/mol. The molecule has 27 heavy (non-hydrogen) atoms. The topological polar surface area (TPSA) is 47.1 Å². The number of allylic oxidation sites excluding steroid dienone is 2. The number of hydrogen-bond donors (Lipinski definition) is 1. The van der Waals surface area contributed by atoms with Gasteiger partial charge in [-0.2, -0.15) is 0 Å². The third kappa shape index (κ3) is 3.82. The van der Waals surface area contributed by atoms with Gasteiger partial charge in [-0.05, 0) is 34.7 Å². The van der Waals surface area contributed by atoms with E-state index in [1.165, 1.54) is 11.9 Å². The first-order valence-corrected chi connectivity index (χ1v) is 9.43. The molecule has 138 valence electrons. The Morgan fingerprint density at radius 2 is 1.78 bits per heavy atom. The number of halogens is 3. The summed E-state index contributed by atoms with van der Waals surface area (Å²) in [5.74, 6) is 0.409. The quantitative estimate of drug-likeness (QED) is 0.521. The molecule has 0 saturated heterocycles. The molecule has 0 unspecified atom stereocenters. The molecule has 0 saturated carbocycles. The zero-order chi connectivity index (χ0) is 18.1. The first-order chi connectivity index (χ1) is 12.6. The maximum absolute atomic E-state index is 6.22. The van der Waals surface area contributed by atoms with Crippen molar-refractivity contribution < 1.29 is 0 Å². The summed E-state index contributed by atoms with van der Waals surface area (Å²) >= 11 is 14.0. The van der Waals surface area contributed by atoms with Gasteiger partial charge in [0.2, 0.25) is 5.95 Å². The Balaban J connectivity index is 0.00000210. The molecule has 1 aliphatic rings. The summed E-state index contributed by atoms with van der Waals surface area (Å²) in [6.45, 7) is 0. The van der Waals surface area contributed by atoms with E-state index in [0.29, 0.717) is 5.95 Å². The number of nitrogen functional groups attached to an aromatic ring is 1. The summed E-state index contributed by atoms with van der Waals surface area (Å²) in [6, 6.07) is 15.7. The number of nitrogens with two attached hydrogens (primary N) is 1. The lowest BCUT2D eigenvalue weighted by atomic mass is 9.99. The Morgan fingerprint density at radius 1 is 1.00 bits per heavy atom. The van der Waals surface area contributed by atoms with Gasteiger partial charge in [0.25, 0.3) is 0 Å². The number of benzene rings is 2. The number of hydrogen-bond acceptors (Lipinski definition) is 4. The van der Waals surface area contributed by atoms with Crippen LogP contribution in [-0.2, 0) is 0 Å². The van der Waals surface area contributed by atoms with Crippen molar-refractivity contribution in [1.82, 2.24) is 9.66 Å². The molecule has 0 atom stereocenters. The third-order valence-electron chi connectivity index (χ3n) is 3.96. The van der Waals surface area contributed by atoms with E-state index >= 15 is 0 Å². The fourth-order valence-electron chi connectivity index (χ4n) is 2.85. The first kappa shape index (κ1) is 19.7. The Morgan fingerprint density at radius 3 is 2.44 bits per heavy atom. The molecule has 1 aromatic heterocycles. The third-order valence-corrected chi connectivity index (χ3v) is 5.12.